The average Bonchev–Trinajstić information content (AvgIpc) is 3.20. The fourth-order valence-corrected chi connectivity index (χ4v) is 6.47. The van der Waals surface area contributed by atoms with Crippen LogP contribution in [0.15, 0.2) is 88.5 Å². The summed E-state index contributed by atoms with van der Waals surface area (Å²) in [7, 11) is 0. The highest BCUT2D eigenvalue weighted by molar-refractivity contribution is 5.98. The van der Waals surface area contributed by atoms with Crippen molar-refractivity contribution in [1.29, 1.82) is 0 Å². The molecule has 0 saturated carbocycles. The molecule has 0 amide bonds. The van der Waals surface area contributed by atoms with Gasteiger partial charge in [-0.05, 0) is 110 Å². The zero-order chi connectivity index (χ0) is 40.7. The second-order valence-electron chi connectivity index (χ2n) is 14.3. The SMILES string of the molecule is Cc1cc2c(O)c(c1)C=NCCCN=Cc1cc(-c3cc4c(O)c(c3)C=NCCCN=Cc3cc(C)cc(c3O)C=NCCCN=C4)cc(c1O)C=NCCCN=C2. The maximum absolute atomic E-state index is 11.4. The minimum atomic E-state index is 0.0657. The molecule has 4 aromatic rings. The third kappa shape index (κ3) is 11.3. The lowest BCUT2D eigenvalue weighted by molar-refractivity contribution is 0.473. The summed E-state index contributed by atoms with van der Waals surface area (Å²) in [5.41, 5.74) is 8.29. The Morgan fingerprint density at radius 1 is 0.293 bits per heavy atom. The summed E-state index contributed by atoms with van der Waals surface area (Å²) in [4.78, 5) is 36.6. The summed E-state index contributed by atoms with van der Waals surface area (Å²) in [6.45, 7) is 7.92. The Kier molecular flexibility index (Phi) is 14.6. The summed E-state index contributed by atoms with van der Waals surface area (Å²) >= 11 is 0. The molecule has 2 heterocycles. The number of fused-ring (bicyclic) bond motifs is 8. The van der Waals surface area contributed by atoms with Gasteiger partial charge in [-0.25, -0.2) is 0 Å². The highest BCUT2D eigenvalue weighted by atomic mass is 16.3. The fraction of sp³-hybridized carbons (Fsp3) is 0.304. The smallest absolute Gasteiger partial charge is 0.133 e. The van der Waals surface area contributed by atoms with Crippen LogP contribution < -0.4 is 0 Å². The maximum Gasteiger partial charge on any atom is 0.133 e. The summed E-state index contributed by atoms with van der Waals surface area (Å²) in [5.74, 6) is 0.443. The summed E-state index contributed by atoms with van der Waals surface area (Å²) in [6.07, 6.45) is 16.1. The number of hydrogen-bond acceptors (Lipinski definition) is 12. The molecule has 12 nitrogen and oxygen atoms in total. The Labute approximate surface area is 339 Å². The Morgan fingerprint density at radius 2 is 0.466 bits per heavy atom. The molecule has 2 aliphatic rings. The molecule has 4 aromatic carbocycles. The van der Waals surface area contributed by atoms with E-state index in [1.807, 2.05) is 62.4 Å². The number of benzene rings is 4. The third-order valence-electron chi connectivity index (χ3n) is 9.44. The van der Waals surface area contributed by atoms with Crippen LogP contribution in [0.1, 0.15) is 81.3 Å². The van der Waals surface area contributed by atoms with Gasteiger partial charge in [-0.1, -0.05) is 0 Å². The molecule has 0 unspecified atom stereocenters. The molecule has 2 aliphatic heterocycles. The Hall–Kier alpha value is -6.56. The lowest BCUT2D eigenvalue weighted by Gasteiger charge is -2.12. The van der Waals surface area contributed by atoms with Crippen molar-refractivity contribution < 1.29 is 20.4 Å². The normalized spacial score (nSPS) is 15.7. The highest BCUT2D eigenvalue weighted by Crippen LogP contribution is 2.33. The number of nitrogens with zero attached hydrogens (tertiary/aromatic N) is 8. The van der Waals surface area contributed by atoms with Crippen molar-refractivity contribution in [2.45, 2.75) is 39.5 Å². The van der Waals surface area contributed by atoms with Gasteiger partial charge in [-0.2, -0.15) is 0 Å². The molecule has 0 atom stereocenters. The monoisotopic (exact) mass is 778 g/mol. The van der Waals surface area contributed by atoms with E-state index in [0.29, 0.717) is 123 Å². The molecule has 0 saturated heterocycles. The second kappa shape index (κ2) is 20.6. The van der Waals surface area contributed by atoms with Crippen molar-refractivity contribution in [1.82, 2.24) is 0 Å². The van der Waals surface area contributed by atoms with Gasteiger partial charge in [0.1, 0.15) is 23.0 Å². The number of aliphatic imine (C=N–C) groups is 8. The van der Waals surface area contributed by atoms with E-state index in [9.17, 15) is 20.4 Å². The molecule has 298 valence electrons. The molecular formula is C46H50N8O4. The van der Waals surface area contributed by atoms with Crippen LogP contribution in [0, 0.1) is 13.8 Å². The fourth-order valence-electron chi connectivity index (χ4n) is 6.47. The number of aromatic hydroxyl groups is 4. The van der Waals surface area contributed by atoms with Crippen LogP contribution in [-0.4, -0.2) is 123 Å². The standard InChI is InChI=1S/C46H50N8O4/c1-31-15-35-23-47-7-3-11-51-27-39-19-33(20-40(45(39)57)28-52-12-4-8-48-24-36(16-31)43(35)55)34-21-41-29-53-13-5-9-49-25-37-17-32(2)18-38(44(37)56)26-50-10-6-14-54-30-42(22-34)46(41)58/h15-30,55-58H,3-14H2,1-2H3. The van der Waals surface area contributed by atoms with Crippen LogP contribution in [0.5, 0.6) is 23.0 Å². The van der Waals surface area contributed by atoms with Crippen LogP contribution in [0.25, 0.3) is 11.1 Å². The largest absolute Gasteiger partial charge is 0.507 e. The highest BCUT2D eigenvalue weighted by Gasteiger charge is 2.14. The Bertz CT molecular complexity index is 2030. The molecule has 0 radical (unpaired) electrons. The molecular weight excluding hydrogens is 729 g/mol. The first kappa shape index (κ1) is 41.1. The minimum absolute atomic E-state index is 0.0657. The van der Waals surface area contributed by atoms with Gasteiger partial charge in [-0.3, -0.25) is 39.9 Å². The first-order chi connectivity index (χ1) is 28.3. The van der Waals surface area contributed by atoms with Gasteiger partial charge in [0.05, 0.1) is 0 Å². The molecule has 58 heavy (non-hydrogen) atoms. The topological polar surface area (TPSA) is 180 Å². The van der Waals surface area contributed by atoms with Gasteiger partial charge in [0.15, 0.2) is 0 Å². The minimum Gasteiger partial charge on any atom is -0.507 e. The zero-order valence-electron chi connectivity index (χ0n) is 33.1. The van der Waals surface area contributed by atoms with Gasteiger partial charge in [-0.15, -0.1) is 0 Å². The van der Waals surface area contributed by atoms with Gasteiger partial charge in [0.25, 0.3) is 0 Å². The van der Waals surface area contributed by atoms with Gasteiger partial charge >= 0.3 is 0 Å². The molecule has 0 spiro atoms. The zero-order valence-corrected chi connectivity index (χ0v) is 33.1. The van der Waals surface area contributed by atoms with Crippen molar-refractivity contribution in [2.24, 2.45) is 39.9 Å². The Morgan fingerprint density at radius 3 is 0.655 bits per heavy atom. The number of phenols is 4. The summed E-state index contributed by atoms with van der Waals surface area (Å²) < 4.78 is 0. The lowest BCUT2D eigenvalue weighted by Crippen LogP contribution is -1.98. The number of hydrogen-bond donors (Lipinski definition) is 4. The van der Waals surface area contributed by atoms with E-state index in [4.69, 9.17) is 0 Å². The van der Waals surface area contributed by atoms with Gasteiger partial charge in [0, 0.05) is 147 Å². The summed E-state index contributed by atoms with van der Waals surface area (Å²) in [5, 5.41) is 44.3. The molecule has 0 aliphatic carbocycles. The third-order valence-corrected chi connectivity index (χ3v) is 9.44. The molecule has 8 bridgehead atoms. The summed E-state index contributed by atoms with van der Waals surface area (Å²) in [6, 6.07) is 15.1. The number of aryl methyl sites for hydroxylation is 2. The van der Waals surface area contributed by atoms with Crippen LogP contribution in [-0.2, 0) is 0 Å². The average molecular weight is 779 g/mol. The predicted octanol–water partition coefficient (Wildman–Crippen LogP) is 7.13. The van der Waals surface area contributed by atoms with E-state index in [-0.39, 0.29) is 23.0 Å². The predicted molar refractivity (Wildman–Crippen MR) is 239 cm³/mol. The maximum atomic E-state index is 11.4. The van der Waals surface area contributed by atoms with Crippen molar-refractivity contribution >= 4 is 49.7 Å². The first-order valence-corrected chi connectivity index (χ1v) is 19.7. The molecule has 12 heteroatoms. The van der Waals surface area contributed by atoms with Crippen molar-refractivity contribution in [3.8, 4) is 34.1 Å². The number of phenolic OH excluding ortho intramolecular Hbond substituents is 4. The first-order valence-electron chi connectivity index (χ1n) is 19.7. The Balaban J connectivity index is 1.28. The van der Waals surface area contributed by atoms with E-state index < -0.39 is 0 Å². The van der Waals surface area contributed by atoms with Crippen molar-refractivity contribution in [2.75, 3.05) is 52.4 Å². The van der Waals surface area contributed by atoms with Gasteiger partial charge in [0.2, 0.25) is 0 Å². The van der Waals surface area contributed by atoms with Crippen LogP contribution >= 0.6 is 0 Å². The molecule has 0 aromatic heterocycles. The van der Waals surface area contributed by atoms with Crippen LogP contribution in [0.4, 0.5) is 0 Å². The van der Waals surface area contributed by atoms with E-state index >= 15 is 0 Å². The molecule has 0 fully saturated rings. The molecule has 4 N–H and O–H groups in total. The quantitative estimate of drug-likeness (QED) is 0.161. The van der Waals surface area contributed by atoms with Crippen molar-refractivity contribution in [3.05, 3.63) is 104 Å². The van der Waals surface area contributed by atoms with E-state index in [2.05, 4.69) is 39.9 Å². The van der Waals surface area contributed by atoms with E-state index in [0.717, 1.165) is 22.3 Å². The second-order valence-corrected chi connectivity index (χ2v) is 14.3. The van der Waals surface area contributed by atoms with Crippen molar-refractivity contribution in [3.63, 3.8) is 0 Å². The number of rotatable bonds is 1. The van der Waals surface area contributed by atoms with E-state index in [1.54, 1.807) is 49.7 Å². The molecule has 6 rings (SSSR count). The van der Waals surface area contributed by atoms with Gasteiger partial charge < -0.3 is 20.4 Å². The lowest BCUT2D eigenvalue weighted by atomic mass is 9.95. The van der Waals surface area contributed by atoms with E-state index in [1.165, 1.54) is 0 Å². The van der Waals surface area contributed by atoms with Crippen LogP contribution in [0.3, 0.4) is 0 Å². The van der Waals surface area contributed by atoms with Crippen LogP contribution in [0.2, 0.25) is 0 Å².